The maximum atomic E-state index is 5.29. The summed E-state index contributed by atoms with van der Waals surface area (Å²) in [5, 5.41) is 15.8. The second kappa shape index (κ2) is 10.3. The highest BCUT2D eigenvalue weighted by molar-refractivity contribution is 14.0. The Morgan fingerprint density at radius 2 is 2.23 bits per heavy atom. The minimum Gasteiger partial charge on any atom is -0.461 e. The van der Waals surface area contributed by atoms with Crippen molar-refractivity contribution in [2.45, 2.75) is 19.9 Å². The van der Waals surface area contributed by atoms with Crippen LogP contribution in [0.1, 0.15) is 17.6 Å². The second-order valence-corrected chi connectivity index (χ2v) is 6.81. The third-order valence-corrected chi connectivity index (χ3v) is 4.57. The first-order valence-corrected chi connectivity index (χ1v) is 9.04. The van der Waals surface area contributed by atoms with E-state index in [1.54, 1.807) is 24.6 Å². The van der Waals surface area contributed by atoms with E-state index >= 15 is 0 Å². The second-order valence-electron chi connectivity index (χ2n) is 5.78. The summed E-state index contributed by atoms with van der Waals surface area (Å²) in [5.74, 6) is 3.18. The van der Waals surface area contributed by atoms with E-state index in [0.29, 0.717) is 24.0 Å². The van der Waals surface area contributed by atoms with Crippen molar-refractivity contribution in [3.63, 3.8) is 0 Å². The van der Waals surface area contributed by atoms with Gasteiger partial charge in [-0.1, -0.05) is 13.0 Å². The van der Waals surface area contributed by atoms with Gasteiger partial charge < -0.3 is 15.1 Å². The number of hydrogen-bond donors (Lipinski definition) is 3. The van der Waals surface area contributed by atoms with Crippen LogP contribution in [-0.2, 0) is 13.0 Å². The first kappa shape index (κ1) is 20.4. The number of aromatic nitrogens is 3. The third-order valence-electron chi connectivity index (χ3n) is 3.67. The summed E-state index contributed by atoms with van der Waals surface area (Å²) in [6.07, 6.45) is 2.67. The number of aromatic amines is 1. The number of guanidine groups is 1. The van der Waals surface area contributed by atoms with Gasteiger partial charge in [0.15, 0.2) is 11.7 Å². The van der Waals surface area contributed by atoms with Gasteiger partial charge in [-0.05, 0) is 35.9 Å². The summed E-state index contributed by atoms with van der Waals surface area (Å²) in [6.45, 7) is 3.59. The number of aliphatic imine (C=N–C) groups is 1. The Morgan fingerprint density at radius 3 is 2.92 bits per heavy atom. The first-order chi connectivity index (χ1) is 12.2. The van der Waals surface area contributed by atoms with Gasteiger partial charge in [0.25, 0.3) is 0 Å². The Labute approximate surface area is 173 Å². The normalized spacial score (nSPS) is 12.5. The topological polar surface area (TPSA) is 91.1 Å². The molecule has 0 saturated carbocycles. The van der Waals surface area contributed by atoms with Gasteiger partial charge in [0.05, 0.1) is 12.8 Å². The zero-order valence-corrected chi connectivity index (χ0v) is 17.9. The number of thiophene rings is 1. The summed E-state index contributed by atoms with van der Waals surface area (Å²) >= 11 is 1.80. The van der Waals surface area contributed by atoms with E-state index in [2.05, 4.69) is 55.2 Å². The van der Waals surface area contributed by atoms with Crippen molar-refractivity contribution in [3.8, 4) is 11.6 Å². The van der Waals surface area contributed by atoms with Crippen LogP contribution in [0.25, 0.3) is 11.6 Å². The zero-order chi connectivity index (χ0) is 17.5. The molecule has 0 radical (unpaired) electrons. The highest BCUT2D eigenvalue weighted by Crippen LogP contribution is 2.14. The lowest BCUT2D eigenvalue weighted by molar-refractivity contribution is 0.561. The molecule has 0 aliphatic heterocycles. The van der Waals surface area contributed by atoms with Crippen LogP contribution < -0.4 is 10.6 Å². The minimum absolute atomic E-state index is 0. The van der Waals surface area contributed by atoms with E-state index in [0.717, 1.165) is 24.7 Å². The van der Waals surface area contributed by atoms with Gasteiger partial charge in [0, 0.05) is 18.5 Å². The molecule has 140 valence electrons. The van der Waals surface area contributed by atoms with Gasteiger partial charge in [-0.25, -0.2) is 4.98 Å². The molecule has 3 aromatic rings. The summed E-state index contributed by atoms with van der Waals surface area (Å²) in [7, 11) is 1.76. The molecular formula is C17H23IN6OS. The standard InChI is InChI=1S/C17H22N6OS.HI/c1-12(9-13-5-4-8-25-13)10-19-17(18-2)20-11-15-21-16(23-22-15)14-6-3-7-24-14;/h3-8,12H,9-11H2,1-2H3,(H2,18,19,20)(H,21,22,23);1H. The molecule has 3 rings (SSSR count). The maximum absolute atomic E-state index is 5.29. The zero-order valence-electron chi connectivity index (χ0n) is 14.7. The first-order valence-electron chi connectivity index (χ1n) is 8.16. The smallest absolute Gasteiger partial charge is 0.216 e. The Morgan fingerprint density at radius 1 is 1.35 bits per heavy atom. The molecule has 0 spiro atoms. The molecule has 0 bridgehead atoms. The van der Waals surface area contributed by atoms with Gasteiger partial charge in [0.2, 0.25) is 5.82 Å². The van der Waals surface area contributed by atoms with Gasteiger partial charge in [-0.3, -0.25) is 10.1 Å². The van der Waals surface area contributed by atoms with Crippen molar-refractivity contribution in [2.24, 2.45) is 10.9 Å². The van der Waals surface area contributed by atoms with Crippen molar-refractivity contribution >= 4 is 41.3 Å². The van der Waals surface area contributed by atoms with Crippen LogP contribution in [0.4, 0.5) is 0 Å². The maximum Gasteiger partial charge on any atom is 0.216 e. The monoisotopic (exact) mass is 486 g/mol. The molecule has 0 amide bonds. The van der Waals surface area contributed by atoms with Crippen LogP contribution in [0.5, 0.6) is 0 Å². The quantitative estimate of drug-likeness (QED) is 0.271. The molecule has 0 aliphatic carbocycles. The molecule has 1 atom stereocenters. The van der Waals surface area contributed by atoms with E-state index in [1.165, 1.54) is 4.88 Å². The molecular weight excluding hydrogens is 463 g/mol. The molecule has 3 N–H and O–H groups in total. The molecule has 7 nitrogen and oxygen atoms in total. The average Bonchev–Trinajstić information content (AvgIpc) is 3.37. The lowest BCUT2D eigenvalue weighted by atomic mass is 10.1. The number of H-pyrrole nitrogens is 1. The van der Waals surface area contributed by atoms with Crippen molar-refractivity contribution in [1.82, 2.24) is 25.8 Å². The molecule has 0 aromatic carbocycles. The summed E-state index contributed by atoms with van der Waals surface area (Å²) in [4.78, 5) is 10.1. The van der Waals surface area contributed by atoms with Crippen LogP contribution in [-0.4, -0.2) is 34.7 Å². The van der Waals surface area contributed by atoms with Gasteiger partial charge in [-0.2, -0.15) is 0 Å². The van der Waals surface area contributed by atoms with Crippen LogP contribution >= 0.6 is 35.3 Å². The van der Waals surface area contributed by atoms with E-state index in [4.69, 9.17) is 4.42 Å². The fourth-order valence-corrected chi connectivity index (χ4v) is 3.26. The third kappa shape index (κ3) is 5.84. The summed E-state index contributed by atoms with van der Waals surface area (Å²) in [5.41, 5.74) is 0. The predicted molar refractivity (Wildman–Crippen MR) is 115 cm³/mol. The number of rotatable bonds is 7. The van der Waals surface area contributed by atoms with Gasteiger partial charge in [-0.15, -0.1) is 40.4 Å². The fraction of sp³-hybridized carbons (Fsp3) is 0.353. The predicted octanol–water partition coefficient (Wildman–Crippen LogP) is 3.29. The van der Waals surface area contributed by atoms with Gasteiger partial charge in [0.1, 0.15) is 5.82 Å². The van der Waals surface area contributed by atoms with Crippen LogP contribution in [0.2, 0.25) is 0 Å². The molecule has 1 unspecified atom stereocenters. The Bertz CT molecular complexity index is 784. The number of nitrogens with one attached hydrogen (secondary N) is 3. The number of halogens is 1. The lowest BCUT2D eigenvalue weighted by Crippen LogP contribution is -2.39. The van der Waals surface area contributed by atoms with E-state index in [9.17, 15) is 0 Å². The Kier molecular flexibility index (Phi) is 8.10. The summed E-state index contributed by atoms with van der Waals surface area (Å²) < 4.78 is 5.29. The molecule has 9 heteroatoms. The molecule has 0 saturated heterocycles. The lowest BCUT2D eigenvalue weighted by Gasteiger charge is -2.15. The van der Waals surface area contributed by atoms with E-state index in [1.807, 2.05) is 12.1 Å². The molecule has 26 heavy (non-hydrogen) atoms. The molecule has 0 fully saturated rings. The van der Waals surface area contributed by atoms with Crippen LogP contribution in [0.15, 0.2) is 45.3 Å². The summed E-state index contributed by atoms with van der Waals surface area (Å²) in [6, 6.07) is 7.91. The fourth-order valence-electron chi connectivity index (χ4n) is 2.39. The van der Waals surface area contributed by atoms with Gasteiger partial charge >= 0.3 is 0 Å². The van der Waals surface area contributed by atoms with Crippen LogP contribution in [0.3, 0.4) is 0 Å². The van der Waals surface area contributed by atoms with Crippen molar-refractivity contribution in [1.29, 1.82) is 0 Å². The largest absolute Gasteiger partial charge is 0.461 e. The van der Waals surface area contributed by atoms with E-state index < -0.39 is 0 Å². The number of hydrogen-bond acceptors (Lipinski definition) is 5. The van der Waals surface area contributed by atoms with Crippen molar-refractivity contribution in [3.05, 3.63) is 46.6 Å². The molecule has 3 heterocycles. The Hall–Kier alpha value is -1.88. The van der Waals surface area contributed by atoms with Crippen molar-refractivity contribution < 1.29 is 4.42 Å². The molecule has 3 aromatic heterocycles. The Balaban J connectivity index is 0.00000243. The highest BCUT2D eigenvalue weighted by Gasteiger charge is 2.09. The highest BCUT2D eigenvalue weighted by atomic mass is 127. The van der Waals surface area contributed by atoms with Crippen LogP contribution in [0, 0.1) is 5.92 Å². The van der Waals surface area contributed by atoms with E-state index in [-0.39, 0.29) is 24.0 Å². The molecule has 0 aliphatic rings. The minimum atomic E-state index is 0. The average molecular weight is 486 g/mol. The number of nitrogens with zero attached hydrogens (tertiary/aromatic N) is 3. The number of furan rings is 1. The van der Waals surface area contributed by atoms with Crippen molar-refractivity contribution in [2.75, 3.05) is 13.6 Å². The SMILES string of the molecule is CN=C(NCc1nc(-c2ccco2)n[nH]1)NCC(C)Cc1cccs1.I.